The fourth-order valence-electron chi connectivity index (χ4n) is 5.53. The van der Waals surface area contributed by atoms with Gasteiger partial charge in [0.2, 0.25) is 5.91 Å². The number of benzene rings is 2. The molecule has 1 amide bonds. The molecule has 0 N–H and O–H groups in total. The third kappa shape index (κ3) is 4.13. The van der Waals surface area contributed by atoms with Crippen LogP contribution in [0.5, 0.6) is 0 Å². The summed E-state index contributed by atoms with van der Waals surface area (Å²) in [4.78, 5) is 14.5. The average molecular weight is 457 g/mol. The number of nitriles is 1. The van der Waals surface area contributed by atoms with Crippen molar-refractivity contribution in [3.63, 3.8) is 0 Å². The quantitative estimate of drug-likeness (QED) is 0.540. The molecule has 0 bridgehead atoms. The molecule has 3 nitrogen and oxygen atoms in total. The zero-order valence-electron chi connectivity index (χ0n) is 18.4. The Morgan fingerprint density at radius 3 is 2.72 bits per heavy atom. The Kier molecular flexibility index (Phi) is 6.02. The molecule has 168 valence electrons. The summed E-state index contributed by atoms with van der Waals surface area (Å²) in [7, 11) is 0. The minimum Gasteiger partial charge on any atom is -0.342 e. The first-order valence-corrected chi connectivity index (χ1v) is 11.5. The van der Waals surface area contributed by atoms with E-state index in [-0.39, 0.29) is 28.5 Å². The van der Waals surface area contributed by atoms with E-state index in [1.165, 1.54) is 12.1 Å². The van der Waals surface area contributed by atoms with Crippen molar-refractivity contribution in [1.29, 1.82) is 5.26 Å². The van der Waals surface area contributed by atoms with Crippen LogP contribution in [0, 0.1) is 39.7 Å². The minimum atomic E-state index is -0.437. The van der Waals surface area contributed by atoms with Crippen LogP contribution in [0.1, 0.15) is 49.8 Å². The van der Waals surface area contributed by atoms with Crippen LogP contribution >= 0.6 is 11.6 Å². The topological polar surface area (TPSA) is 44.1 Å². The molecular formula is C26H27ClF2N2O. The van der Waals surface area contributed by atoms with Gasteiger partial charge in [-0.1, -0.05) is 31.5 Å². The van der Waals surface area contributed by atoms with Gasteiger partial charge in [0.25, 0.3) is 0 Å². The fraction of sp³-hybridized carbons (Fsp3) is 0.462. The second-order valence-corrected chi connectivity index (χ2v) is 10.1. The van der Waals surface area contributed by atoms with Gasteiger partial charge in [-0.2, -0.15) is 5.26 Å². The van der Waals surface area contributed by atoms with Crippen molar-refractivity contribution >= 4 is 17.5 Å². The maximum Gasteiger partial charge on any atom is 0.225 e. The Morgan fingerprint density at radius 2 is 2.03 bits per heavy atom. The molecule has 4 rings (SSSR count). The summed E-state index contributed by atoms with van der Waals surface area (Å²) in [6, 6.07) is 11.1. The van der Waals surface area contributed by atoms with Crippen molar-refractivity contribution in [2.45, 2.75) is 46.0 Å². The lowest BCUT2D eigenvalue weighted by Gasteiger charge is -2.25. The molecule has 0 unspecified atom stereocenters. The predicted molar refractivity (Wildman–Crippen MR) is 120 cm³/mol. The lowest BCUT2D eigenvalue weighted by molar-refractivity contribution is -0.133. The Hall–Kier alpha value is -2.45. The molecule has 6 heteroatoms. The van der Waals surface area contributed by atoms with E-state index in [9.17, 15) is 13.6 Å². The fourth-order valence-corrected chi connectivity index (χ4v) is 5.78. The van der Waals surface area contributed by atoms with Crippen LogP contribution in [0.25, 0.3) is 0 Å². The molecule has 1 heterocycles. The van der Waals surface area contributed by atoms with Crippen molar-refractivity contribution in [1.82, 2.24) is 4.90 Å². The Bertz CT molecular complexity index is 1100. The minimum absolute atomic E-state index is 0.0558. The standard InChI is InChI=1S/C26H27ClF2N2O/c1-17(2)24(32)31-10-9-26(16-31)15-25(26,13-20-12-21(28)5-6-23(20)29)8-7-18-3-4-19(14-30)22(27)11-18/h3-6,11-12,17H,7-10,13,15-16H2,1-2H3/t25-,26+/m1/s1. The molecule has 1 aliphatic heterocycles. The molecule has 0 aromatic heterocycles. The van der Waals surface area contributed by atoms with E-state index < -0.39 is 5.82 Å². The van der Waals surface area contributed by atoms with Crippen molar-refractivity contribution in [3.8, 4) is 6.07 Å². The second-order valence-electron chi connectivity index (χ2n) is 9.74. The largest absolute Gasteiger partial charge is 0.342 e. The van der Waals surface area contributed by atoms with E-state index in [1.807, 2.05) is 30.9 Å². The molecule has 1 saturated heterocycles. The van der Waals surface area contributed by atoms with E-state index in [1.54, 1.807) is 6.07 Å². The highest BCUT2D eigenvalue weighted by atomic mass is 35.5. The van der Waals surface area contributed by atoms with Crippen LogP contribution in [-0.2, 0) is 17.6 Å². The summed E-state index contributed by atoms with van der Waals surface area (Å²) in [5, 5.41) is 9.53. The first kappa shape index (κ1) is 22.7. The highest BCUT2D eigenvalue weighted by molar-refractivity contribution is 6.31. The van der Waals surface area contributed by atoms with Crippen LogP contribution in [-0.4, -0.2) is 23.9 Å². The molecule has 1 aliphatic carbocycles. The molecule has 2 fully saturated rings. The summed E-state index contributed by atoms with van der Waals surface area (Å²) in [6.07, 6.45) is 3.74. The first-order valence-electron chi connectivity index (χ1n) is 11.1. The van der Waals surface area contributed by atoms with E-state index in [0.29, 0.717) is 35.7 Å². The number of amides is 1. The van der Waals surface area contributed by atoms with E-state index in [0.717, 1.165) is 37.3 Å². The third-order valence-electron chi connectivity index (χ3n) is 7.42. The van der Waals surface area contributed by atoms with Gasteiger partial charge in [-0.3, -0.25) is 4.79 Å². The number of carbonyl (C=O) groups is 1. The zero-order valence-corrected chi connectivity index (χ0v) is 19.2. The molecule has 2 aromatic carbocycles. The molecule has 2 atom stereocenters. The number of hydrogen-bond acceptors (Lipinski definition) is 2. The Labute approximate surface area is 193 Å². The maximum absolute atomic E-state index is 14.5. The van der Waals surface area contributed by atoms with E-state index in [2.05, 4.69) is 6.07 Å². The molecule has 2 aromatic rings. The summed E-state index contributed by atoms with van der Waals surface area (Å²) >= 11 is 6.21. The zero-order chi connectivity index (χ0) is 23.1. The van der Waals surface area contributed by atoms with Crippen molar-refractivity contribution < 1.29 is 13.6 Å². The van der Waals surface area contributed by atoms with Gasteiger partial charge in [-0.05, 0) is 84.4 Å². The summed E-state index contributed by atoms with van der Waals surface area (Å²) < 4.78 is 28.4. The van der Waals surface area contributed by atoms with Crippen LogP contribution in [0.4, 0.5) is 8.78 Å². The van der Waals surface area contributed by atoms with Gasteiger partial charge in [0.15, 0.2) is 0 Å². The number of hydrogen-bond donors (Lipinski definition) is 0. The van der Waals surface area contributed by atoms with Gasteiger partial charge in [-0.15, -0.1) is 0 Å². The number of aryl methyl sites for hydroxylation is 1. The normalized spacial score (nSPS) is 24.2. The number of likely N-dealkylation sites (tertiary alicyclic amines) is 1. The smallest absolute Gasteiger partial charge is 0.225 e. The molecule has 2 aliphatic rings. The van der Waals surface area contributed by atoms with Gasteiger partial charge in [0.1, 0.15) is 17.7 Å². The van der Waals surface area contributed by atoms with Gasteiger partial charge in [-0.25, -0.2) is 8.78 Å². The van der Waals surface area contributed by atoms with Gasteiger partial charge < -0.3 is 4.90 Å². The van der Waals surface area contributed by atoms with Crippen molar-refractivity contribution in [2.24, 2.45) is 16.7 Å². The Balaban J connectivity index is 1.59. The van der Waals surface area contributed by atoms with Gasteiger partial charge in [0, 0.05) is 19.0 Å². The predicted octanol–water partition coefficient (Wildman–Crippen LogP) is 5.93. The van der Waals surface area contributed by atoms with Crippen molar-refractivity contribution in [2.75, 3.05) is 13.1 Å². The molecule has 1 spiro atoms. The summed E-state index contributed by atoms with van der Waals surface area (Å²) in [6.45, 7) is 5.21. The Morgan fingerprint density at radius 1 is 1.25 bits per heavy atom. The highest BCUT2D eigenvalue weighted by Gasteiger charge is 2.68. The highest BCUT2D eigenvalue weighted by Crippen LogP contribution is 2.71. The molecule has 1 saturated carbocycles. The number of nitrogens with zero attached hydrogens (tertiary/aromatic N) is 2. The lowest BCUT2D eigenvalue weighted by Crippen LogP contribution is -2.33. The monoisotopic (exact) mass is 456 g/mol. The van der Waals surface area contributed by atoms with Crippen LogP contribution in [0.3, 0.4) is 0 Å². The SMILES string of the molecule is CC(C)C(=O)N1CC[C@@]2(C1)C[C@@]2(CCc1ccc(C#N)c(Cl)c1)Cc1cc(F)ccc1F. The average Bonchev–Trinajstić information content (AvgIpc) is 3.12. The summed E-state index contributed by atoms with van der Waals surface area (Å²) in [5.41, 5.74) is 1.59. The number of rotatable bonds is 6. The summed E-state index contributed by atoms with van der Waals surface area (Å²) in [5.74, 6) is -0.728. The lowest BCUT2D eigenvalue weighted by atomic mass is 9.81. The molecular weight excluding hydrogens is 430 g/mol. The molecule has 32 heavy (non-hydrogen) atoms. The van der Waals surface area contributed by atoms with Gasteiger partial charge >= 0.3 is 0 Å². The van der Waals surface area contributed by atoms with E-state index in [4.69, 9.17) is 16.9 Å². The number of halogens is 3. The van der Waals surface area contributed by atoms with Crippen LogP contribution < -0.4 is 0 Å². The van der Waals surface area contributed by atoms with Crippen LogP contribution in [0.2, 0.25) is 5.02 Å². The maximum atomic E-state index is 14.5. The molecule has 0 radical (unpaired) electrons. The van der Waals surface area contributed by atoms with E-state index >= 15 is 0 Å². The number of carbonyl (C=O) groups excluding carboxylic acids is 1. The first-order chi connectivity index (χ1) is 15.2. The van der Waals surface area contributed by atoms with Gasteiger partial charge in [0.05, 0.1) is 10.6 Å². The van der Waals surface area contributed by atoms with Crippen molar-refractivity contribution in [3.05, 3.63) is 69.7 Å². The van der Waals surface area contributed by atoms with Crippen LogP contribution in [0.15, 0.2) is 36.4 Å². The second kappa shape index (κ2) is 8.48. The third-order valence-corrected chi connectivity index (χ3v) is 7.73.